The van der Waals surface area contributed by atoms with E-state index in [4.69, 9.17) is 14.0 Å². The summed E-state index contributed by atoms with van der Waals surface area (Å²) in [5, 5.41) is 28.5. The topological polar surface area (TPSA) is 227 Å². The Bertz CT molecular complexity index is 1230. The number of aromatic amines is 1. The van der Waals surface area contributed by atoms with Crippen molar-refractivity contribution >= 4 is 36.0 Å². The van der Waals surface area contributed by atoms with Gasteiger partial charge in [-0.05, 0) is 27.7 Å². The summed E-state index contributed by atoms with van der Waals surface area (Å²) in [5.41, 5.74) is -3.60. The fourth-order valence-electron chi connectivity index (χ4n) is 3.65. The van der Waals surface area contributed by atoms with Crippen molar-refractivity contribution in [3.05, 3.63) is 33.1 Å². The van der Waals surface area contributed by atoms with Crippen molar-refractivity contribution in [2.45, 2.75) is 69.9 Å². The molecular formula is C20H30N5O11PS. The second kappa shape index (κ2) is 11.7. The van der Waals surface area contributed by atoms with Gasteiger partial charge in [0.2, 0.25) is 0 Å². The van der Waals surface area contributed by atoms with E-state index in [9.17, 15) is 38.8 Å². The van der Waals surface area contributed by atoms with Gasteiger partial charge in [-0.15, -0.1) is 0 Å². The Kier molecular flexibility index (Phi) is 9.24. The van der Waals surface area contributed by atoms with E-state index >= 15 is 0 Å². The average Bonchev–Trinajstić information content (AvgIpc) is 3.25. The second-order valence-corrected chi connectivity index (χ2v) is 13.5. The van der Waals surface area contributed by atoms with Gasteiger partial charge in [0.15, 0.2) is 6.23 Å². The van der Waals surface area contributed by atoms with Crippen molar-refractivity contribution in [1.29, 1.82) is 0 Å². The van der Waals surface area contributed by atoms with Crippen LogP contribution in [-0.2, 0) is 28.2 Å². The summed E-state index contributed by atoms with van der Waals surface area (Å²) in [6.45, 7) is 1.21. The Morgan fingerprint density at radius 2 is 2.00 bits per heavy atom. The van der Waals surface area contributed by atoms with E-state index < -0.39 is 84.7 Å². The number of esters is 1. The molecule has 6 N–H and O–H groups in total. The standard InChI is InChI=1S/C20H30N5O11PS/c1-9(2)35-16(29)10(3)24-37(33,38-8-11-15(28)23-18(30)21-11)34-7-12-14(27)20(4,32)17(36-12)25-6-5-13(26)22-19(25)31/h5-6,9-12,14,17,27,32H,7-8H2,1-4H3,(H,24,33)(H,22,26,31)(H2,21,23,28,30)/t10-,11-,12+,14+,17+,20+,37-/m0/s1. The summed E-state index contributed by atoms with van der Waals surface area (Å²) < 4.78 is 30.9. The molecule has 0 aromatic carbocycles. The highest BCUT2D eigenvalue weighted by atomic mass is 32.7. The summed E-state index contributed by atoms with van der Waals surface area (Å²) in [7, 11) is 0. The molecule has 2 saturated heterocycles. The number of nitrogens with zero attached hydrogens (tertiary/aromatic N) is 1. The molecule has 212 valence electrons. The first-order valence-electron chi connectivity index (χ1n) is 11.5. The molecule has 38 heavy (non-hydrogen) atoms. The maximum atomic E-state index is 13.7. The van der Waals surface area contributed by atoms with E-state index in [1.807, 2.05) is 10.3 Å². The van der Waals surface area contributed by atoms with Gasteiger partial charge in [0.1, 0.15) is 29.9 Å². The van der Waals surface area contributed by atoms with E-state index in [1.165, 1.54) is 13.8 Å². The number of rotatable bonds is 11. The van der Waals surface area contributed by atoms with Crippen LogP contribution in [0, 0.1) is 0 Å². The van der Waals surface area contributed by atoms with Crippen LogP contribution in [0.25, 0.3) is 0 Å². The van der Waals surface area contributed by atoms with E-state index in [1.54, 1.807) is 13.8 Å². The van der Waals surface area contributed by atoms with Gasteiger partial charge in [-0.25, -0.2) is 14.7 Å². The monoisotopic (exact) mass is 579 g/mol. The number of nitrogens with one attached hydrogen (secondary N) is 4. The number of ether oxygens (including phenoxy) is 2. The van der Waals surface area contributed by atoms with Crippen LogP contribution in [0.15, 0.2) is 21.9 Å². The fourth-order valence-corrected chi connectivity index (χ4v) is 7.51. The summed E-state index contributed by atoms with van der Waals surface area (Å²) >= 11 is 0.622. The van der Waals surface area contributed by atoms with Gasteiger partial charge >= 0.3 is 24.4 Å². The molecule has 0 aliphatic carbocycles. The molecule has 16 nitrogen and oxygen atoms in total. The lowest BCUT2D eigenvalue weighted by Gasteiger charge is -2.27. The molecule has 0 saturated carbocycles. The van der Waals surface area contributed by atoms with Gasteiger partial charge in [-0.1, -0.05) is 11.4 Å². The summed E-state index contributed by atoms with van der Waals surface area (Å²) in [4.78, 5) is 61.2. The maximum Gasteiger partial charge on any atom is 0.330 e. The third-order valence-electron chi connectivity index (χ3n) is 5.59. The quantitative estimate of drug-likeness (QED) is 0.100. The van der Waals surface area contributed by atoms with Gasteiger partial charge in [0.05, 0.1) is 12.7 Å². The summed E-state index contributed by atoms with van der Waals surface area (Å²) in [6, 6.07) is -1.82. The van der Waals surface area contributed by atoms with Crippen LogP contribution in [0.5, 0.6) is 0 Å². The predicted octanol–water partition coefficient (Wildman–Crippen LogP) is -1.46. The number of carbonyl (C=O) groups excluding carboxylic acids is 3. The van der Waals surface area contributed by atoms with Crippen molar-refractivity contribution in [3.8, 4) is 0 Å². The number of carbonyl (C=O) groups is 3. The predicted molar refractivity (Wildman–Crippen MR) is 132 cm³/mol. The zero-order valence-electron chi connectivity index (χ0n) is 20.9. The molecule has 18 heteroatoms. The molecule has 1 aromatic rings. The minimum absolute atomic E-state index is 0.199. The van der Waals surface area contributed by atoms with Gasteiger partial charge in [0.25, 0.3) is 11.5 Å². The van der Waals surface area contributed by atoms with Gasteiger partial charge in [-0.3, -0.25) is 33.8 Å². The normalized spacial score (nSPS) is 29.6. The van der Waals surface area contributed by atoms with Crippen LogP contribution in [-0.4, -0.2) is 86.0 Å². The highest BCUT2D eigenvalue weighted by Crippen LogP contribution is 2.57. The van der Waals surface area contributed by atoms with Crippen molar-refractivity contribution in [3.63, 3.8) is 0 Å². The van der Waals surface area contributed by atoms with E-state index in [0.717, 1.165) is 16.8 Å². The molecule has 0 bridgehead atoms. The number of hydrogen-bond acceptors (Lipinski definition) is 12. The third-order valence-corrected chi connectivity index (χ3v) is 9.71. The smallest absolute Gasteiger partial charge is 0.330 e. The van der Waals surface area contributed by atoms with E-state index in [0.29, 0.717) is 11.4 Å². The first kappa shape index (κ1) is 30.0. The van der Waals surface area contributed by atoms with Crippen LogP contribution in [0.4, 0.5) is 4.79 Å². The number of aliphatic hydroxyl groups is 2. The molecule has 7 atom stereocenters. The fraction of sp³-hybridized carbons (Fsp3) is 0.650. The maximum absolute atomic E-state index is 13.7. The van der Waals surface area contributed by atoms with Crippen LogP contribution in [0.3, 0.4) is 0 Å². The molecule has 3 heterocycles. The Balaban J connectivity index is 1.76. The molecule has 2 aliphatic heterocycles. The lowest BCUT2D eigenvalue weighted by molar-refractivity contribution is -0.149. The minimum atomic E-state index is -4.05. The van der Waals surface area contributed by atoms with Gasteiger partial charge in [-0.2, -0.15) is 0 Å². The minimum Gasteiger partial charge on any atom is -0.462 e. The first-order chi connectivity index (χ1) is 17.6. The Hall–Kier alpha value is -2.53. The van der Waals surface area contributed by atoms with Gasteiger partial charge in [0, 0.05) is 18.0 Å². The number of amides is 3. The number of aromatic nitrogens is 2. The van der Waals surface area contributed by atoms with Crippen LogP contribution >= 0.6 is 18.1 Å². The molecule has 2 fully saturated rings. The first-order valence-corrected chi connectivity index (χ1v) is 14.7. The molecule has 1 aromatic heterocycles. The highest BCUT2D eigenvalue weighted by Gasteiger charge is 2.54. The Morgan fingerprint density at radius 1 is 1.32 bits per heavy atom. The lowest BCUT2D eigenvalue weighted by atomic mass is 9.96. The number of H-pyrrole nitrogens is 1. The van der Waals surface area contributed by atoms with E-state index in [2.05, 4.69) is 10.4 Å². The SMILES string of the molecule is CC(C)OC(=O)[C@H](C)N[P@](=O)(OC[C@H]1O[C@@H](n2ccc(=O)[nH]c2=O)[C@](C)(O)[C@@H]1O)SC[C@@H]1NC(=O)NC1=O. The van der Waals surface area contributed by atoms with Gasteiger partial charge < -0.3 is 29.5 Å². The zero-order valence-corrected chi connectivity index (χ0v) is 22.6. The van der Waals surface area contributed by atoms with Crippen LogP contribution < -0.4 is 27.0 Å². The number of hydrogen-bond donors (Lipinski definition) is 6. The Labute approximate surface area is 220 Å². The van der Waals surface area contributed by atoms with Crippen molar-refractivity contribution in [2.24, 2.45) is 0 Å². The molecule has 0 radical (unpaired) electrons. The summed E-state index contributed by atoms with van der Waals surface area (Å²) in [6.07, 6.45) is -3.74. The number of aliphatic hydroxyl groups excluding tert-OH is 1. The van der Waals surface area contributed by atoms with Crippen LogP contribution in [0.2, 0.25) is 0 Å². The molecule has 0 spiro atoms. The lowest BCUT2D eigenvalue weighted by Crippen LogP contribution is -2.47. The molecule has 0 unspecified atom stereocenters. The molecule has 3 rings (SSSR count). The van der Waals surface area contributed by atoms with Crippen LogP contribution in [0.1, 0.15) is 33.9 Å². The average molecular weight is 580 g/mol. The van der Waals surface area contributed by atoms with Crippen molar-refractivity contribution < 1.29 is 43.2 Å². The summed E-state index contributed by atoms with van der Waals surface area (Å²) in [5.74, 6) is -1.57. The number of urea groups is 1. The molecule has 2 aliphatic rings. The van der Waals surface area contributed by atoms with Crippen molar-refractivity contribution in [1.82, 2.24) is 25.3 Å². The van der Waals surface area contributed by atoms with E-state index in [-0.39, 0.29) is 5.75 Å². The largest absolute Gasteiger partial charge is 0.462 e. The Morgan fingerprint density at radius 3 is 2.58 bits per heavy atom. The highest BCUT2D eigenvalue weighted by molar-refractivity contribution is 8.56. The number of imide groups is 1. The van der Waals surface area contributed by atoms with Crippen molar-refractivity contribution in [2.75, 3.05) is 12.4 Å². The second-order valence-electron chi connectivity index (χ2n) is 9.16. The third kappa shape index (κ3) is 6.91. The zero-order chi connectivity index (χ0) is 28.4. The molecule has 3 amide bonds. The molecular weight excluding hydrogens is 549 g/mol.